The summed E-state index contributed by atoms with van der Waals surface area (Å²) in [4.78, 5) is 24.3. The van der Waals surface area contributed by atoms with Crippen molar-refractivity contribution in [1.29, 1.82) is 0 Å². The summed E-state index contributed by atoms with van der Waals surface area (Å²) in [6, 6.07) is 4.26. The number of nitrogens with one attached hydrogen (secondary N) is 1. The molecule has 1 N–H and O–H groups in total. The maximum atomic E-state index is 12.2. The molecule has 118 valence electrons. The molecule has 0 saturated heterocycles. The van der Waals surface area contributed by atoms with E-state index in [0.717, 1.165) is 0 Å². The lowest BCUT2D eigenvalue weighted by molar-refractivity contribution is 0.0979. The Bertz CT molecular complexity index is 821. The van der Waals surface area contributed by atoms with E-state index in [1.165, 1.54) is 33.4 Å². The number of aromatic nitrogens is 1. The molecule has 2 heterocycles. The number of nitrogens with zero attached hydrogens (tertiary/aromatic N) is 1. The van der Waals surface area contributed by atoms with Crippen LogP contribution in [0.15, 0.2) is 44.8 Å². The summed E-state index contributed by atoms with van der Waals surface area (Å²) in [5.74, 6) is -0.695. The maximum absolute atomic E-state index is 12.2. The number of amides is 1. The number of carbonyl (C=O) groups is 1. The first-order valence-corrected chi connectivity index (χ1v) is 9.02. The van der Waals surface area contributed by atoms with Gasteiger partial charge in [-0.25, -0.2) is 13.1 Å². The molecule has 1 amide bonds. The summed E-state index contributed by atoms with van der Waals surface area (Å²) in [5, 5.41) is 3.01. The van der Waals surface area contributed by atoms with Crippen molar-refractivity contribution in [3.05, 3.63) is 51.1 Å². The van der Waals surface area contributed by atoms with Crippen molar-refractivity contribution in [2.45, 2.75) is 25.3 Å². The fourth-order valence-electron chi connectivity index (χ4n) is 1.89. The second-order valence-corrected chi connectivity index (χ2v) is 7.63. The molecule has 0 radical (unpaired) electrons. The molecule has 0 bridgehead atoms. The first kappa shape index (κ1) is 16.4. The number of carbonyl (C=O) groups excluding carboxylic acids is 1. The van der Waals surface area contributed by atoms with Crippen LogP contribution in [-0.2, 0) is 16.6 Å². The number of thiophene rings is 1. The number of pyridine rings is 1. The lowest BCUT2D eigenvalue weighted by Crippen LogP contribution is -2.36. The van der Waals surface area contributed by atoms with E-state index < -0.39 is 21.5 Å². The Morgan fingerprint density at radius 1 is 1.36 bits per heavy atom. The average molecular weight is 340 g/mol. The van der Waals surface area contributed by atoms with E-state index in [4.69, 9.17) is 0 Å². The molecule has 0 saturated carbocycles. The zero-order chi connectivity index (χ0) is 16.3. The van der Waals surface area contributed by atoms with Gasteiger partial charge < -0.3 is 4.57 Å². The Morgan fingerprint density at radius 3 is 2.68 bits per heavy atom. The van der Waals surface area contributed by atoms with Gasteiger partial charge in [0.2, 0.25) is 0 Å². The van der Waals surface area contributed by atoms with Gasteiger partial charge in [0.15, 0.2) is 0 Å². The van der Waals surface area contributed by atoms with E-state index >= 15 is 0 Å². The van der Waals surface area contributed by atoms with Gasteiger partial charge in [-0.1, -0.05) is 13.8 Å². The Balaban J connectivity index is 2.29. The van der Waals surface area contributed by atoms with Crippen LogP contribution in [0.5, 0.6) is 0 Å². The predicted molar refractivity (Wildman–Crippen MR) is 84.5 cm³/mol. The van der Waals surface area contributed by atoms with Gasteiger partial charge in [-0.05, 0) is 29.5 Å². The van der Waals surface area contributed by atoms with Crippen LogP contribution >= 0.6 is 11.3 Å². The van der Waals surface area contributed by atoms with Crippen molar-refractivity contribution in [3.8, 4) is 0 Å². The molecule has 22 heavy (non-hydrogen) atoms. The minimum atomic E-state index is -3.95. The van der Waals surface area contributed by atoms with Gasteiger partial charge in [0.25, 0.3) is 21.5 Å². The summed E-state index contributed by atoms with van der Waals surface area (Å²) >= 11 is 1.21. The molecule has 2 aromatic rings. The Hall–Kier alpha value is -1.93. The fraction of sp³-hybridized carbons (Fsp3) is 0.286. The van der Waals surface area contributed by atoms with Crippen LogP contribution < -0.4 is 10.3 Å². The molecular formula is C14H16N2O4S2. The van der Waals surface area contributed by atoms with Crippen LogP contribution in [0.3, 0.4) is 0 Å². The number of hydrogen-bond donors (Lipinski definition) is 1. The lowest BCUT2D eigenvalue weighted by atomic mass is 10.2. The second kappa shape index (κ2) is 6.45. The van der Waals surface area contributed by atoms with Crippen LogP contribution in [0.25, 0.3) is 0 Å². The van der Waals surface area contributed by atoms with E-state index in [0.29, 0.717) is 6.54 Å². The quantitative estimate of drug-likeness (QED) is 0.897. The number of sulfonamides is 1. The molecule has 0 spiro atoms. The summed E-state index contributed by atoms with van der Waals surface area (Å²) in [5.41, 5.74) is -0.698. The standard InChI is InChI=1S/C14H16N2O4S2/c1-10(2)8-16-6-3-4-12(14(16)18)13(17)15-22(19,20)11-5-7-21-9-11/h3-7,9-10H,8H2,1-2H3,(H,15,17). The van der Waals surface area contributed by atoms with E-state index in [-0.39, 0.29) is 16.4 Å². The SMILES string of the molecule is CC(C)Cn1cccc(C(=O)NS(=O)(=O)c2ccsc2)c1=O. The van der Waals surface area contributed by atoms with Crippen LogP contribution in [0, 0.1) is 5.92 Å². The van der Waals surface area contributed by atoms with Crippen molar-refractivity contribution in [2.75, 3.05) is 0 Å². The molecule has 0 aliphatic heterocycles. The van der Waals surface area contributed by atoms with E-state index in [1.807, 2.05) is 18.6 Å². The summed E-state index contributed by atoms with van der Waals surface area (Å²) < 4.78 is 27.4. The van der Waals surface area contributed by atoms with Crippen LogP contribution in [0.2, 0.25) is 0 Å². The maximum Gasteiger partial charge on any atom is 0.270 e. The monoisotopic (exact) mass is 340 g/mol. The van der Waals surface area contributed by atoms with Gasteiger partial charge in [0.1, 0.15) is 5.56 Å². The molecule has 0 fully saturated rings. The average Bonchev–Trinajstić information content (AvgIpc) is 2.94. The molecule has 0 aliphatic carbocycles. The molecule has 0 atom stereocenters. The predicted octanol–water partition coefficient (Wildman–Crippen LogP) is 1.68. The normalized spacial score (nSPS) is 11.6. The van der Waals surface area contributed by atoms with E-state index in [2.05, 4.69) is 0 Å². The topological polar surface area (TPSA) is 85.2 Å². The molecule has 6 nitrogen and oxygen atoms in total. The smallest absolute Gasteiger partial charge is 0.270 e. The van der Waals surface area contributed by atoms with Gasteiger partial charge in [0, 0.05) is 18.1 Å². The second-order valence-electron chi connectivity index (χ2n) is 5.17. The largest absolute Gasteiger partial charge is 0.315 e. The number of rotatable bonds is 5. The highest BCUT2D eigenvalue weighted by molar-refractivity contribution is 7.90. The van der Waals surface area contributed by atoms with Gasteiger partial charge in [-0.15, -0.1) is 0 Å². The van der Waals surface area contributed by atoms with Crippen LogP contribution in [-0.4, -0.2) is 18.9 Å². The molecule has 2 rings (SSSR count). The molecule has 0 unspecified atom stereocenters. The minimum absolute atomic E-state index is 0.00397. The Kier molecular flexibility index (Phi) is 4.82. The first-order chi connectivity index (χ1) is 10.3. The van der Waals surface area contributed by atoms with Crippen molar-refractivity contribution in [1.82, 2.24) is 9.29 Å². The lowest BCUT2D eigenvalue weighted by Gasteiger charge is -2.10. The van der Waals surface area contributed by atoms with Crippen LogP contribution in [0.1, 0.15) is 24.2 Å². The molecule has 0 aliphatic rings. The van der Waals surface area contributed by atoms with Crippen molar-refractivity contribution < 1.29 is 13.2 Å². The highest BCUT2D eigenvalue weighted by Gasteiger charge is 2.21. The third-order valence-corrected chi connectivity index (χ3v) is 5.02. The molecule has 0 aromatic carbocycles. The first-order valence-electron chi connectivity index (χ1n) is 6.60. The Morgan fingerprint density at radius 2 is 2.09 bits per heavy atom. The summed E-state index contributed by atoms with van der Waals surface area (Å²) in [7, 11) is -3.95. The zero-order valence-electron chi connectivity index (χ0n) is 12.1. The minimum Gasteiger partial charge on any atom is -0.315 e. The van der Waals surface area contributed by atoms with Gasteiger partial charge >= 0.3 is 0 Å². The van der Waals surface area contributed by atoms with E-state index in [9.17, 15) is 18.0 Å². The fourth-order valence-corrected chi connectivity index (χ4v) is 3.88. The van der Waals surface area contributed by atoms with Gasteiger partial charge in [0.05, 0.1) is 4.90 Å². The third kappa shape index (κ3) is 3.63. The van der Waals surface area contributed by atoms with Crippen molar-refractivity contribution in [3.63, 3.8) is 0 Å². The van der Waals surface area contributed by atoms with Gasteiger partial charge in [-0.3, -0.25) is 9.59 Å². The highest BCUT2D eigenvalue weighted by Crippen LogP contribution is 2.12. The highest BCUT2D eigenvalue weighted by atomic mass is 32.2. The molecule has 2 aromatic heterocycles. The molecular weight excluding hydrogens is 324 g/mol. The van der Waals surface area contributed by atoms with E-state index in [1.54, 1.807) is 17.6 Å². The van der Waals surface area contributed by atoms with Crippen molar-refractivity contribution in [2.24, 2.45) is 5.92 Å². The third-order valence-electron chi connectivity index (χ3n) is 2.86. The Labute approximate surface area is 132 Å². The van der Waals surface area contributed by atoms with Crippen molar-refractivity contribution >= 4 is 27.3 Å². The summed E-state index contributed by atoms with van der Waals surface area (Å²) in [6.45, 7) is 4.34. The zero-order valence-corrected chi connectivity index (χ0v) is 13.8. The van der Waals surface area contributed by atoms with Crippen LogP contribution in [0.4, 0.5) is 0 Å². The molecule has 8 heteroatoms. The number of hydrogen-bond acceptors (Lipinski definition) is 5. The summed E-state index contributed by atoms with van der Waals surface area (Å²) in [6.07, 6.45) is 1.58. The van der Waals surface area contributed by atoms with Gasteiger partial charge in [-0.2, -0.15) is 11.3 Å².